The van der Waals surface area contributed by atoms with Crippen molar-refractivity contribution in [3.05, 3.63) is 59.7 Å². The first-order chi connectivity index (χ1) is 12.7. The molecule has 2 aromatic carbocycles. The summed E-state index contributed by atoms with van der Waals surface area (Å²) < 4.78 is 52.9. The standard InChI is InChI=1S/C18H20F2N2O4S/c1-3-22(12(2)11-23)27(25,26)15-6-4-5-13(9-15)18(24)21-14-7-8-16(19)17(20)10-14/h4-10,12,23H,3,11H2,1-2H3,(H,21,24)/t12-/m1/s1. The SMILES string of the molecule is CCN([C@H](C)CO)S(=O)(=O)c1cccc(C(=O)Nc2ccc(F)c(F)c2)c1. The van der Waals surface area contributed by atoms with Crippen LogP contribution in [0.15, 0.2) is 47.4 Å². The number of nitrogens with one attached hydrogen (secondary N) is 1. The van der Waals surface area contributed by atoms with Crippen LogP contribution >= 0.6 is 0 Å². The van der Waals surface area contributed by atoms with Gasteiger partial charge >= 0.3 is 0 Å². The molecule has 0 aliphatic carbocycles. The van der Waals surface area contributed by atoms with Gasteiger partial charge in [0.2, 0.25) is 10.0 Å². The third-order valence-corrected chi connectivity index (χ3v) is 6.03. The monoisotopic (exact) mass is 398 g/mol. The summed E-state index contributed by atoms with van der Waals surface area (Å²) in [6.07, 6.45) is 0. The third kappa shape index (κ3) is 4.68. The van der Waals surface area contributed by atoms with Gasteiger partial charge in [-0.15, -0.1) is 0 Å². The van der Waals surface area contributed by atoms with Crippen LogP contribution in [0.2, 0.25) is 0 Å². The first kappa shape index (κ1) is 20.9. The summed E-state index contributed by atoms with van der Waals surface area (Å²) in [5.41, 5.74) is 0.0739. The second-order valence-electron chi connectivity index (χ2n) is 5.85. The molecule has 0 heterocycles. The van der Waals surface area contributed by atoms with E-state index in [1.807, 2.05) is 0 Å². The lowest BCUT2D eigenvalue weighted by atomic mass is 10.2. The van der Waals surface area contributed by atoms with Crippen LogP contribution in [0.4, 0.5) is 14.5 Å². The zero-order chi connectivity index (χ0) is 20.2. The van der Waals surface area contributed by atoms with Crippen LogP contribution in [0.5, 0.6) is 0 Å². The highest BCUT2D eigenvalue weighted by Gasteiger charge is 2.27. The van der Waals surface area contributed by atoms with Crippen molar-refractivity contribution in [2.75, 3.05) is 18.5 Å². The summed E-state index contributed by atoms with van der Waals surface area (Å²) >= 11 is 0. The number of sulfonamides is 1. The Bertz CT molecular complexity index is 935. The van der Waals surface area contributed by atoms with Crippen molar-refractivity contribution in [1.29, 1.82) is 0 Å². The van der Waals surface area contributed by atoms with E-state index in [4.69, 9.17) is 0 Å². The molecule has 146 valence electrons. The van der Waals surface area contributed by atoms with Gasteiger partial charge in [0.25, 0.3) is 5.91 Å². The minimum absolute atomic E-state index is 0.0357. The number of amides is 1. The first-order valence-electron chi connectivity index (χ1n) is 8.19. The maximum absolute atomic E-state index is 13.3. The Morgan fingerprint density at radius 3 is 2.48 bits per heavy atom. The molecule has 1 amide bonds. The first-order valence-corrected chi connectivity index (χ1v) is 9.63. The molecule has 9 heteroatoms. The normalized spacial score (nSPS) is 12.8. The Morgan fingerprint density at radius 1 is 1.19 bits per heavy atom. The molecule has 27 heavy (non-hydrogen) atoms. The number of aliphatic hydroxyl groups excluding tert-OH is 1. The van der Waals surface area contributed by atoms with Crippen molar-refractivity contribution < 1.29 is 27.1 Å². The lowest BCUT2D eigenvalue weighted by Gasteiger charge is -2.25. The van der Waals surface area contributed by atoms with Crippen LogP contribution in [-0.4, -0.2) is 42.9 Å². The molecule has 0 bridgehead atoms. The highest BCUT2D eigenvalue weighted by Crippen LogP contribution is 2.20. The third-order valence-electron chi connectivity index (χ3n) is 3.95. The minimum atomic E-state index is -3.92. The molecule has 0 saturated carbocycles. The van der Waals surface area contributed by atoms with E-state index >= 15 is 0 Å². The van der Waals surface area contributed by atoms with E-state index in [1.54, 1.807) is 13.8 Å². The average molecular weight is 398 g/mol. The minimum Gasteiger partial charge on any atom is -0.395 e. The Kier molecular flexibility index (Phi) is 6.63. The Hall–Kier alpha value is -2.36. The van der Waals surface area contributed by atoms with Crippen molar-refractivity contribution in [2.45, 2.75) is 24.8 Å². The molecule has 0 fully saturated rings. The molecule has 0 radical (unpaired) electrons. The molecule has 1 atom stereocenters. The Morgan fingerprint density at radius 2 is 1.89 bits per heavy atom. The topological polar surface area (TPSA) is 86.7 Å². The number of anilines is 1. The van der Waals surface area contributed by atoms with E-state index in [9.17, 15) is 27.1 Å². The van der Waals surface area contributed by atoms with Crippen molar-refractivity contribution in [1.82, 2.24) is 4.31 Å². The molecular formula is C18H20F2N2O4S. The molecule has 6 nitrogen and oxygen atoms in total. The van der Waals surface area contributed by atoms with Crippen LogP contribution < -0.4 is 5.32 Å². The van der Waals surface area contributed by atoms with Gasteiger partial charge in [0.15, 0.2) is 11.6 Å². The molecule has 2 aromatic rings. The van der Waals surface area contributed by atoms with E-state index in [1.165, 1.54) is 30.3 Å². The van der Waals surface area contributed by atoms with E-state index in [0.29, 0.717) is 0 Å². The quantitative estimate of drug-likeness (QED) is 0.751. The molecule has 0 aromatic heterocycles. The molecule has 0 aliphatic rings. The maximum atomic E-state index is 13.3. The van der Waals surface area contributed by atoms with Crippen LogP contribution in [0, 0.1) is 11.6 Å². The van der Waals surface area contributed by atoms with Gasteiger partial charge in [-0.3, -0.25) is 4.79 Å². The molecule has 0 aliphatic heterocycles. The van der Waals surface area contributed by atoms with Gasteiger partial charge in [-0.05, 0) is 37.3 Å². The fourth-order valence-electron chi connectivity index (χ4n) is 2.52. The summed E-state index contributed by atoms with van der Waals surface area (Å²) in [6.45, 7) is 3.02. The molecule has 0 saturated heterocycles. The molecular weight excluding hydrogens is 378 g/mol. The number of halogens is 2. The predicted molar refractivity (Wildman–Crippen MR) is 96.9 cm³/mol. The van der Waals surface area contributed by atoms with Crippen molar-refractivity contribution in [3.63, 3.8) is 0 Å². The van der Waals surface area contributed by atoms with Crippen LogP contribution in [0.1, 0.15) is 24.2 Å². The number of benzene rings is 2. The predicted octanol–water partition coefficient (Wildman–Crippen LogP) is 2.61. The zero-order valence-electron chi connectivity index (χ0n) is 14.8. The van der Waals surface area contributed by atoms with Gasteiger partial charge < -0.3 is 10.4 Å². The second-order valence-corrected chi connectivity index (χ2v) is 7.74. The summed E-state index contributed by atoms with van der Waals surface area (Å²) in [4.78, 5) is 12.2. The van der Waals surface area contributed by atoms with E-state index in [0.717, 1.165) is 16.4 Å². The number of aliphatic hydroxyl groups is 1. The number of carbonyl (C=O) groups is 1. The van der Waals surface area contributed by atoms with E-state index in [-0.39, 0.29) is 29.3 Å². The summed E-state index contributed by atoms with van der Waals surface area (Å²) in [5, 5.41) is 11.7. The van der Waals surface area contributed by atoms with Crippen LogP contribution in [0.3, 0.4) is 0 Å². The second kappa shape index (κ2) is 8.55. The lowest BCUT2D eigenvalue weighted by Crippen LogP contribution is -2.40. The van der Waals surface area contributed by atoms with Crippen LogP contribution in [-0.2, 0) is 10.0 Å². The number of nitrogens with zero attached hydrogens (tertiary/aromatic N) is 1. The summed E-state index contributed by atoms with van der Waals surface area (Å²) in [5.74, 6) is -2.82. The van der Waals surface area contributed by atoms with Gasteiger partial charge in [-0.2, -0.15) is 4.31 Å². The number of likely N-dealkylation sites (N-methyl/N-ethyl adjacent to an activating group) is 1. The van der Waals surface area contributed by atoms with Crippen LogP contribution in [0.25, 0.3) is 0 Å². The Labute approximate surface area is 156 Å². The molecule has 2 N–H and O–H groups in total. The van der Waals surface area contributed by atoms with E-state index < -0.39 is 33.6 Å². The zero-order valence-corrected chi connectivity index (χ0v) is 15.6. The van der Waals surface area contributed by atoms with Gasteiger partial charge in [0, 0.05) is 29.9 Å². The maximum Gasteiger partial charge on any atom is 0.255 e. The Balaban J connectivity index is 2.30. The van der Waals surface area contributed by atoms with Crippen molar-refractivity contribution >= 4 is 21.6 Å². The highest BCUT2D eigenvalue weighted by molar-refractivity contribution is 7.89. The molecule has 2 rings (SSSR count). The van der Waals surface area contributed by atoms with E-state index in [2.05, 4.69) is 5.32 Å². The number of rotatable bonds is 7. The highest BCUT2D eigenvalue weighted by atomic mass is 32.2. The van der Waals surface area contributed by atoms with Crippen molar-refractivity contribution in [3.8, 4) is 0 Å². The average Bonchev–Trinajstić information content (AvgIpc) is 2.65. The molecule has 0 spiro atoms. The summed E-state index contributed by atoms with van der Waals surface area (Å²) in [7, 11) is -3.92. The van der Waals surface area contributed by atoms with Gasteiger partial charge in [0.1, 0.15) is 0 Å². The smallest absolute Gasteiger partial charge is 0.255 e. The molecule has 0 unspecified atom stereocenters. The fourth-order valence-corrected chi connectivity index (χ4v) is 4.20. The van der Waals surface area contributed by atoms with Gasteiger partial charge in [0.05, 0.1) is 11.5 Å². The number of carbonyl (C=O) groups excluding carboxylic acids is 1. The summed E-state index contributed by atoms with van der Waals surface area (Å²) in [6, 6.07) is 7.62. The number of hydrogen-bond acceptors (Lipinski definition) is 4. The number of hydrogen-bond donors (Lipinski definition) is 2. The van der Waals surface area contributed by atoms with Gasteiger partial charge in [-0.1, -0.05) is 13.0 Å². The van der Waals surface area contributed by atoms with Crippen molar-refractivity contribution in [2.24, 2.45) is 0 Å². The lowest BCUT2D eigenvalue weighted by molar-refractivity contribution is 0.102. The fraction of sp³-hybridized carbons (Fsp3) is 0.278. The largest absolute Gasteiger partial charge is 0.395 e. The van der Waals surface area contributed by atoms with Gasteiger partial charge in [-0.25, -0.2) is 17.2 Å².